The van der Waals surface area contributed by atoms with Gasteiger partial charge in [-0.05, 0) is 24.6 Å². The van der Waals surface area contributed by atoms with E-state index in [1.54, 1.807) is 31.2 Å². The van der Waals surface area contributed by atoms with E-state index in [0.29, 0.717) is 5.02 Å². The van der Waals surface area contributed by atoms with E-state index in [9.17, 15) is 19.5 Å². The minimum absolute atomic E-state index is 0.120. The Morgan fingerprint density at radius 1 is 1.33 bits per heavy atom. The van der Waals surface area contributed by atoms with E-state index in [0.717, 1.165) is 5.56 Å². The van der Waals surface area contributed by atoms with Crippen LogP contribution >= 0.6 is 11.6 Å². The number of aliphatic hydroxyl groups excluding tert-OH is 1. The number of nitrogens with zero attached hydrogens (tertiary/aromatic N) is 1. The van der Waals surface area contributed by atoms with Crippen molar-refractivity contribution < 1.29 is 24.6 Å². The van der Waals surface area contributed by atoms with Crippen LogP contribution in [0.1, 0.15) is 18.9 Å². The van der Waals surface area contributed by atoms with Crippen LogP contribution in [0.5, 0.6) is 0 Å². The van der Waals surface area contributed by atoms with Crippen molar-refractivity contribution in [2.45, 2.75) is 25.9 Å². The zero-order chi connectivity index (χ0) is 17.9. The molecule has 1 heterocycles. The lowest BCUT2D eigenvalue weighted by atomic mass is 9.99. The van der Waals surface area contributed by atoms with Gasteiger partial charge in [0.05, 0.1) is 0 Å². The number of halogens is 1. The van der Waals surface area contributed by atoms with Crippen LogP contribution in [-0.2, 0) is 20.9 Å². The number of aliphatic hydroxyl groups is 1. The summed E-state index contributed by atoms with van der Waals surface area (Å²) in [7, 11) is 0. The molecular weight excluding hydrogens is 336 g/mol. The van der Waals surface area contributed by atoms with E-state index in [-0.39, 0.29) is 24.8 Å². The number of carbonyl (C=O) groups excluding carboxylic acids is 2. The molecule has 7 nitrogen and oxygen atoms in total. The number of carboxylic acids is 1. The minimum atomic E-state index is -1.24. The third kappa shape index (κ3) is 4.05. The normalized spacial score (nSPS) is 17.8. The number of rotatable bonds is 5. The summed E-state index contributed by atoms with van der Waals surface area (Å²) in [5.41, 5.74) is 0.412. The molecule has 8 heteroatoms. The first-order valence-electron chi connectivity index (χ1n) is 7.27. The first kappa shape index (κ1) is 17.8. The van der Waals surface area contributed by atoms with Crippen LogP contribution < -0.4 is 5.32 Å². The third-order valence-corrected chi connectivity index (χ3v) is 3.93. The highest BCUT2D eigenvalue weighted by atomic mass is 35.5. The maximum absolute atomic E-state index is 12.6. The fraction of sp³-hybridized carbons (Fsp3) is 0.312. The van der Waals surface area contributed by atoms with Crippen molar-refractivity contribution in [3.05, 3.63) is 46.2 Å². The van der Waals surface area contributed by atoms with Gasteiger partial charge in [0.2, 0.25) is 0 Å². The number of hydrogen-bond acceptors (Lipinski definition) is 4. The smallest absolute Gasteiger partial charge is 0.322 e. The highest BCUT2D eigenvalue weighted by molar-refractivity contribution is 6.30. The van der Waals surface area contributed by atoms with Crippen LogP contribution in [0.2, 0.25) is 5.02 Å². The number of carboxylic acid groups (broad SMARTS) is 1. The lowest BCUT2D eigenvalue weighted by molar-refractivity contribution is -0.139. The summed E-state index contributed by atoms with van der Waals surface area (Å²) in [5, 5.41) is 21.2. The van der Waals surface area contributed by atoms with Gasteiger partial charge in [0.15, 0.2) is 0 Å². The Bertz CT molecular complexity index is 699. The van der Waals surface area contributed by atoms with Crippen LogP contribution in [-0.4, -0.2) is 45.5 Å². The lowest BCUT2D eigenvalue weighted by Crippen LogP contribution is -2.47. The van der Waals surface area contributed by atoms with Gasteiger partial charge in [0.25, 0.3) is 11.8 Å². The second-order valence-electron chi connectivity index (χ2n) is 5.51. The third-order valence-electron chi connectivity index (χ3n) is 3.68. The van der Waals surface area contributed by atoms with Gasteiger partial charge in [0.1, 0.15) is 17.9 Å². The molecular formula is C16H17ClN2O5. The summed E-state index contributed by atoms with van der Waals surface area (Å²) in [6.45, 7) is 1.38. The summed E-state index contributed by atoms with van der Waals surface area (Å²) < 4.78 is 0. The molecule has 1 aromatic rings. The maximum Gasteiger partial charge on any atom is 0.322 e. The number of carbonyl (C=O) groups is 3. The Kier molecular flexibility index (Phi) is 5.46. The number of amides is 2. The van der Waals surface area contributed by atoms with Crippen molar-refractivity contribution in [3.8, 4) is 0 Å². The first-order chi connectivity index (χ1) is 11.3. The molecule has 24 heavy (non-hydrogen) atoms. The predicted octanol–water partition coefficient (Wildman–Crippen LogP) is 1.47. The van der Waals surface area contributed by atoms with E-state index in [4.69, 9.17) is 16.7 Å². The Labute approximate surface area is 143 Å². The van der Waals surface area contributed by atoms with Crippen LogP contribution in [0.15, 0.2) is 35.6 Å². The molecule has 0 aromatic heterocycles. The standard InChI is InChI=1S/C16H17ClN2O5/c1-9-6-12(20)14(15(23)18-7-13(21)22)16(24)19(9)8-10-2-4-11(17)5-3-10/h2-5,9,20H,6-8H2,1H3,(H,18,23)(H,21,22). The number of benzene rings is 1. The Hall–Kier alpha value is -2.54. The first-order valence-corrected chi connectivity index (χ1v) is 7.65. The van der Waals surface area contributed by atoms with Crippen LogP contribution in [0.25, 0.3) is 0 Å². The minimum Gasteiger partial charge on any atom is -0.511 e. The summed E-state index contributed by atoms with van der Waals surface area (Å²) in [6.07, 6.45) is 0.120. The summed E-state index contributed by atoms with van der Waals surface area (Å²) in [4.78, 5) is 36.6. The lowest BCUT2D eigenvalue weighted by Gasteiger charge is -2.34. The fourth-order valence-electron chi connectivity index (χ4n) is 2.45. The van der Waals surface area contributed by atoms with Gasteiger partial charge in [-0.2, -0.15) is 0 Å². The molecule has 0 radical (unpaired) electrons. The van der Waals surface area contributed by atoms with Gasteiger partial charge < -0.3 is 20.4 Å². The van der Waals surface area contributed by atoms with Crippen molar-refractivity contribution in [2.24, 2.45) is 0 Å². The van der Waals surface area contributed by atoms with E-state index in [1.165, 1.54) is 4.90 Å². The van der Waals surface area contributed by atoms with Gasteiger partial charge in [0, 0.05) is 24.0 Å². The maximum atomic E-state index is 12.6. The molecule has 0 aliphatic carbocycles. The zero-order valence-electron chi connectivity index (χ0n) is 13.0. The highest BCUT2D eigenvalue weighted by Gasteiger charge is 2.35. The molecule has 1 aliphatic heterocycles. The van der Waals surface area contributed by atoms with Crippen molar-refractivity contribution in [3.63, 3.8) is 0 Å². The molecule has 1 aliphatic rings. The SMILES string of the molecule is CC1CC(O)=C(C(=O)NCC(=O)O)C(=O)N1Cc1ccc(Cl)cc1. The van der Waals surface area contributed by atoms with E-state index < -0.39 is 29.9 Å². The Balaban J connectivity index is 2.19. The zero-order valence-corrected chi connectivity index (χ0v) is 13.7. The van der Waals surface area contributed by atoms with Gasteiger partial charge in [-0.3, -0.25) is 14.4 Å². The molecule has 2 rings (SSSR count). The largest absolute Gasteiger partial charge is 0.511 e. The average molecular weight is 353 g/mol. The molecule has 128 valence electrons. The van der Waals surface area contributed by atoms with E-state index in [1.807, 2.05) is 0 Å². The van der Waals surface area contributed by atoms with Crippen molar-refractivity contribution in [1.29, 1.82) is 0 Å². The molecule has 2 amide bonds. The summed E-state index contributed by atoms with van der Waals surface area (Å²) in [5.74, 6) is -3.10. The number of aliphatic carboxylic acids is 1. The number of hydrogen-bond donors (Lipinski definition) is 3. The van der Waals surface area contributed by atoms with Crippen molar-refractivity contribution >= 4 is 29.4 Å². The molecule has 1 unspecified atom stereocenters. The molecule has 0 saturated carbocycles. The molecule has 3 N–H and O–H groups in total. The molecule has 0 bridgehead atoms. The van der Waals surface area contributed by atoms with E-state index >= 15 is 0 Å². The quantitative estimate of drug-likeness (QED) is 0.696. The molecule has 1 atom stereocenters. The monoisotopic (exact) mass is 352 g/mol. The Morgan fingerprint density at radius 2 is 1.96 bits per heavy atom. The van der Waals surface area contributed by atoms with Crippen LogP contribution in [0, 0.1) is 0 Å². The number of nitrogens with one attached hydrogen (secondary N) is 1. The van der Waals surface area contributed by atoms with Gasteiger partial charge >= 0.3 is 5.97 Å². The summed E-state index contributed by atoms with van der Waals surface area (Å²) in [6, 6.07) is 6.63. The molecule has 1 aromatic carbocycles. The molecule has 0 spiro atoms. The molecule has 0 saturated heterocycles. The van der Waals surface area contributed by atoms with Gasteiger partial charge in [-0.1, -0.05) is 23.7 Å². The fourth-order valence-corrected chi connectivity index (χ4v) is 2.57. The van der Waals surface area contributed by atoms with Crippen LogP contribution in [0.4, 0.5) is 0 Å². The summed E-state index contributed by atoms with van der Waals surface area (Å²) >= 11 is 5.83. The Morgan fingerprint density at radius 3 is 2.54 bits per heavy atom. The van der Waals surface area contributed by atoms with Crippen molar-refractivity contribution in [1.82, 2.24) is 10.2 Å². The van der Waals surface area contributed by atoms with Gasteiger partial charge in [-0.25, -0.2) is 0 Å². The molecule has 0 fully saturated rings. The topological polar surface area (TPSA) is 107 Å². The second-order valence-corrected chi connectivity index (χ2v) is 5.95. The van der Waals surface area contributed by atoms with Crippen molar-refractivity contribution in [2.75, 3.05) is 6.54 Å². The second kappa shape index (κ2) is 7.35. The van der Waals surface area contributed by atoms with Gasteiger partial charge in [-0.15, -0.1) is 0 Å². The van der Waals surface area contributed by atoms with E-state index in [2.05, 4.69) is 5.32 Å². The van der Waals surface area contributed by atoms with Crippen LogP contribution in [0.3, 0.4) is 0 Å². The predicted molar refractivity (Wildman–Crippen MR) is 86.4 cm³/mol. The average Bonchev–Trinajstić information content (AvgIpc) is 2.51. The highest BCUT2D eigenvalue weighted by Crippen LogP contribution is 2.25.